The van der Waals surface area contributed by atoms with Crippen LogP contribution in [0.25, 0.3) is 11.3 Å². The van der Waals surface area contributed by atoms with E-state index in [9.17, 15) is 0 Å². The van der Waals surface area contributed by atoms with Gasteiger partial charge in [0, 0.05) is 17.3 Å². The van der Waals surface area contributed by atoms with E-state index in [0.29, 0.717) is 12.5 Å². The van der Waals surface area contributed by atoms with Crippen LogP contribution < -0.4 is 9.47 Å². The van der Waals surface area contributed by atoms with Crippen molar-refractivity contribution >= 4 is 0 Å². The second kappa shape index (κ2) is 11.4. The summed E-state index contributed by atoms with van der Waals surface area (Å²) in [5.74, 6) is 2.28. The molecular weight excluding hydrogens is 406 g/mol. The molecule has 2 aromatic carbocycles. The molecule has 33 heavy (non-hydrogen) atoms. The first-order chi connectivity index (χ1) is 15.9. The number of pyridine rings is 1. The molecule has 3 rings (SSSR count). The molecule has 0 spiro atoms. The summed E-state index contributed by atoms with van der Waals surface area (Å²) in [5.41, 5.74) is 8.17. The van der Waals surface area contributed by atoms with Gasteiger partial charge in [0.05, 0.1) is 17.4 Å². The first-order valence-corrected chi connectivity index (χ1v) is 12.4. The summed E-state index contributed by atoms with van der Waals surface area (Å²) >= 11 is 0. The Morgan fingerprint density at radius 2 is 1.52 bits per heavy atom. The number of aromatic nitrogens is 1. The summed E-state index contributed by atoms with van der Waals surface area (Å²) in [6.45, 7) is 15.5. The minimum atomic E-state index is 0.0697. The molecule has 3 aromatic rings. The fourth-order valence-corrected chi connectivity index (χ4v) is 4.19. The molecule has 176 valence electrons. The van der Waals surface area contributed by atoms with Crippen molar-refractivity contribution in [3.8, 4) is 22.8 Å². The zero-order valence-electron chi connectivity index (χ0n) is 21.4. The number of hydrogen-bond donors (Lipinski definition) is 0. The number of rotatable bonds is 10. The highest BCUT2D eigenvalue weighted by atomic mass is 16.5. The van der Waals surface area contributed by atoms with E-state index in [4.69, 9.17) is 14.5 Å². The van der Waals surface area contributed by atoms with Crippen molar-refractivity contribution in [2.75, 3.05) is 0 Å². The molecule has 0 radical (unpaired) electrons. The van der Waals surface area contributed by atoms with Crippen LogP contribution in [0.1, 0.15) is 81.8 Å². The molecule has 0 fully saturated rings. The van der Waals surface area contributed by atoms with Crippen LogP contribution in [0.3, 0.4) is 0 Å². The van der Waals surface area contributed by atoms with E-state index in [1.165, 1.54) is 22.3 Å². The third-order valence-electron chi connectivity index (χ3n) is 6.35. The van der Waals surface area contributed by atoms with Crippen LogP contribution in [0.15, 0.2) is 48.5 Å². The average Bonchev–Trinajstić information content (AvgIpc) is 2.82. The summed E-state index contributed by atoms with van der Waals surface area (Å²) in [4.78, 5) is 5.03. The van der Waals surface area contributed by atoms with Crippen LogP contribution in [0, 0.1) is 6.92 Å². The fraction of sp³-hybridized carbons (Fsp3) is 0.433. The molecular formula is C30H39NO2. The molecule has 3 heteroatoms. The molecule has 0 aliphatic carbocycles. The molecule has 1 aromatic heterocycles. The Hall–Kier alpha value is -2.81. The highest BCUT2D eigenvalue weighted by Crippen LogP contribution is 2.34. The topological polar surface area (TPSA) is 31.4 Å². The van der Waals surface area contributed by atoms with Gasteiger partial charge >= 0.3 is 0 Å². The van der Waals surface area contributed by atoms with E-state index in [-0.39, 0.29) is 6.10 Å². The van der Waals surface area contributed by atoms with Crippen molar-refractivity contribution in [1.29, 1.82) is 0 Å². The third-order valence-corrected chi connectivity index (χ3v) is 6.35. The van der Waals surface area contributed by atoms with E-state index in [0.717, 1.165) is 47.7 Å². The van der Waals surface area contributed by atoms with Crippen molar-refractivity contribution in [1.82, 2.24) is 4.98 Å². The lowest BCUT2D eigenvalue weighted by Gasteiger charge is -2.20. The van der Waals surface area contributed by atoms with Crippen molar-refractivity contribution in [2.24, 2.45) is 0 Å². The highest BCUT2D eigenvalue weighted by Gasteiger charge is 2.18. The standard InChI is InChI=1S/C30H39NO2/c1-8-21(6)25-14-16-26(17-15-25)32-19-27-22(7)31-28(18-29(27)33-20(4)5)30-23(9-2)12-11-13-24(30)10-3/h11-18,20-21H,8-10,19H2,1-7H3. The van der Waals surface area contributed by atoms with Gasteiger partial charge < -0.3 is 9.47 Å². The smallest absolute Gasteiger partial charge is 0.130 e. The van der Waals surface area contributed by atoms with Crippen LogP contribution in [-0.4, -0.2) is 11.1 Å². The Balaban J connectivity index is 1.95. The lowest BCUT2D eigenvalue weighted by atomic mass is 9.94. The van der Waals surface area contributed by atoms with Gasteiger partial charge in [-0.25, -0.2) is 0 Å². The Labute approximate surface area is 200 Å². The number of nitrogens with zero attached hydrogens (tertiary/aromatic N) is 1. The zero-order chi connectivity index (χ0) is 24.0. The molecule has 3 nitrogen and oxygen atoms in total. The van der Waals surface area contributed by atoms with Gasteiger partial charge in [0.2, 0.25) is 0 Å². The maximum Gasteiger partial charge on any atom is 0.130 e. The highest BCUT2D eigenvalue weighted by molar-refractivity contribution is 5.70. The van der Waals surface area contributed by atoms with Crippen LogP contribution in [0.4, 0.5) is 0 Å². The summed E-state index contributed by atoms with van der Waals surface area (Å²) in [5, 5.41) is 0. The largest absolute Gasteiger partial charge is 0.490 e. The molecule has 0 N–H and O–H groups in total. The SMILES string of the molecule is CCc1cccc(CC)c1-c1cc(OC(C)C)c(COc2ccc(C(C)CC)cc2)c(C)n1. The molecule has 1 heterocycles. The molecule has 1 atom stereocenters. The normalized spacial score (nSPS) is 12.1. The van der Waals surface area contributed by atoms with Crippen molar-refractivity contribution in [3.05, 3.63) is 76.5 Å². The number of benzene rings is 2. The van der Waals surface area contributed by atoms with E-state index < -0.39 is 0 Å². The molecule has 0 amide bonds. The first-order valence-electron chi connectivity index (χ1n) is 12.4. The van der Waals surface area contributed by atoms with E-state index >= 15 is 0 Å². The molecule has 0 saturated carbocycles. The Kier molecular flexibility index (Phi) is 8.55. The number of hydrogen-bond acceptors (Lipinski definition) is 3. The Morgan fingerprint density at radius 3 is 2.06 bits per heavy atom. The van der Waals surface area contributed by atoms with Gasteiger partial charge in [-0.2, -0.15) is 0 Å². The third kappa shape index (κ3) is 5.96. The minimum absolute atomic E-state index is 0.0697. The van der Waals surface area contributed by atoms with Gasteiger partial charge in [0.15, 0.2) is 0 Å². The first kappa shape index (κ1) is 24.8. The summed E-state index contributed by atoms with van der Waals surface area (Å²) in [7, 11) is 0. The molecule has 1 unspecified atom stereocenters. The maximum absolute atomic E-state index is 6.27. The van der Waals surface area contributed by atoms with E-state index in [1.54, 1.807) is 0 Å². The van der Waals surface area contributed by atoms with Gasteiger partial charge in [-0.05, 0) is 74.8 Å². The number of aryl methyl sites for hydroxylation is 3. The van der Waals surface area contributed by atoms with Crippen LogP contribution in [-0.2, 0) is 19.4 Å². The second-order valence-electron chi connectivity index (χ2n) is 9.06. The van der Waals surface area contributed by atoms with Gasteiger partial charge in [-0.1, -0.05) is 58.0 Å². The van der Waals surface area contributed by atoms with Crippen LogP contribution >= 0.6 is 0 Å². The van der Waals surface area contributed by atoms with Gasteiger partial charge in [0.25, 0.3) is 0 Å². The lowest BCUT2D eigenvalue weighted by Crippen LogP contribution is -2.11. The number of ether oxygens (including phenoxy) is 2. The molecule has 0 saturated heterocycles. The predicted molar refractivity (Wildman–Crippen MR) is 138 cm³/mol. The Morgan fingerprint density at radius 1 is 0.879 bits per heavy atom. The van der Waals surface area contributed by atoms with E-state index in [1.807, 2.05) is 0 Å². The second-order valence-corrected chi connectivity index (χ2v) is 9.06. The van der Waals surface area contributed by atoms with Crippen molar-refractivity contribution < 1.29 is 9.47 Å². The predicted octanol–water partition coefficient (Wildman–Crippen LogP) is 8.06. The zero-order valence-corrected chi connectivity index (χ0v) is 21.4. The average molecular weight is 446 g/mol. The molecule has 0 aliphatic heterocycles. The monoisotopic (exact) mass is 445 g/mol. The van der Waals surface area contributed by atoms with E-state index in [2.05, 4.69) is 97.0 Å². The molecule has 0 bridgehead atoms. The van der Waals surface area contributed by atoms with Crippen molar-refractivity contribution in [2.45, 2.75) is 86.4 Å². The maximum atomic E-state index is 6.27. The van der Waals surface area contributed by atoms with Gasteiger partial charge in [-0.15, -0.1) is 0 Å². The summed E-state index contributed by atoms with van der Waals surface area (Å²) in [6.07, 6.45) is 3.15. The Bertz CT molecular complexity index is 1030. The van der Waals surface area contributed by atoms with Crippen LogP contribution in [0.5, 0.6) is 11.5 Å². The summed E-state index contributed by atoms with van der Waals surface area (Å²) in [6, 6.07) is 17.1. The lowest BCUT2D eigenvalue weighted by molar-refractivity contribution is 0.229. The fourth-order valence-electron chi connectivity index (χ4n) is 4.19. The molecule has 0 aliphatic rings. The quantitative estimate of drug-likeness (QED) is 0.316. The van der Waals surface area contributed by atoms with Gasteiger partial charge in [-0.3, -0.25) is 4.98 Å². The van der Waals surface area contributed by atoms with Gasteiger partial charge in [0.1, 0.15) is 18.1 Å². The van der Waals surface area contributed by atoms with Crippen molar-refractivity contribution in [3.63, 3.8) is 0 Å². The van der Waals surface area contributed by atoms with Crippen LogP contribution in [0.2, 0.25) is 0 Å². The summed E-state index contributed by atoms with van der Waals surface area (Å²) < 4.78 is 12.4. The minimum Gasteiger partial charge on any atom is -0.490 e.